The number of hydrogen-bond acceptors (Lipinski definition) is 2. The summed E-state index contributed by atoms with van der Waals surface area (Å²) in [5, 5.41) is 3.08. The molecule has 0 unspecified atom stereocenters. The van der Waals surface area contributed by atoms with Gasteiger partial charge in [-0.2, -0.15) is 0 Å². The quantitative estimate of drug-likeness (QED) is 0.758. The molecular weight excluding hydrogens is 188 g/mol. The van der Waals surface area contributed by atoms with E-state index in [4.69, 9.17) is 11.6 Å². The number of rotatable bonds is 1. The predicted molar refractivity (Wildman–Crippen MR) is 54.9 cm³/mol. The van der Waals surface area contributed by atoms with Crippen LogP contribution in [0.5, 0.6) is 0 Å². The molecule has 1 heterocycles. The Morgan fingerprint density at radius 3 is 2.46 bits per heavy atom. The summed E-state index contributed by atoms with van der Waals surface area (Å²) in [5.41, 5.74) is 0. The highest BCUT2D eigenvalue weighted by Crippen LogP contribution is 2.08. The molecule has 4 heteroatoms. The van der Waals surface area contributed by atoms with Crippen LogP contribution in [0.4, 0.5) is 5.82 Å². The Hall–Kier alpha value is -1.09. The number of carbonyl (C=O) groups excluding carboxylic acids is 1. The van der Waals surface area contributed by atoms with Crippen LogP contribution < -0.4 is 5.32 Å². The summed E-state index contributed by atoms with van der Waals surface area (Å²) in [4.78, 5) is 14.4. The first-order valence-corrected chi connectivity index (χ1v) is 4.45. The zero-order chi connectivity index (χ0) is 10.3. The van der Waals surface area contributed by atoms with E-state index in [0.717, 1.165) is 0 Å². The first-order valence-electron chi connectivity index (χ1n) is 4.07. The van der Waals surface area contributed by atoms with Crippen molar-refractivity contribution in [1.29, 1.82) is 0 Å². The number of hydrogen-bond donors (Lipinski definition) is 1. The number of nitrogens with zero attached hydrogens (tertiary/aromatic N) is 1. The van der Waals surface area contributed by atoms with Crippen LogP contribution in [0.15, 0.2) is 18.3 Å². The Kier molecular flexibility index (Phi) is 5.89. The molecule has 1 rings (SSSR count). The normalized spacial score (nSPS) is 8.31. The molecule has 0 aliphatic carbocycles. The second-order valence-electron chi connectivity index (χ2n) is 2.04. The average Bonchev–Trinajstić information content (AvgIpc) is 2.12. The highest BCUT2D eigenvalue weighted by molar-refractivity contribution is 6.30. The number of carbonyl (C=O) groups is 1. The Labute approximate surface area is 83.1 Å². The van der Waals surface area contributed by atoms with Crippen LogP contribution in [0.1, 0.15) is 20.8 Å². The summed E-state index contributed by atoms with van der Waals surface area (Å²) in [6.07, 6.45) is 1.48. The van der Waals surface area contributed by atoms with Crippen LogP contribution in [0.25, 0.3) is 0 Å². The lowest BCUT2D eigenvalue weighted by molar-refractivity contribution is -0.114. The molecule has 72 valence electrons. The van der Waals surface area contributed by atoms with Crippen molar-refractivity contribution in [2.24, 2.45) is 0 Å². The van der Waals surface area contributed by atoms with Crippen molar-refractivity contribution >= 4 is 23.3 Å². The van der Waals surface area contributed by atoms with E-state index in [1.807, 2.05) is 13.8 Å². The fourth-order valence-corrected chi connectivity index (χ4v) is 0.742. The fourth-order valence-electron chi connectivity index (χ4n) is 0.630. The molecule has 0 spiro atoms. The molecule has 0 fully saturated rings. The van der Waals surface area contributed by atoms with Crippen molar-refractivity contribution < 1.29 is 4.79 Å². The first kappa shape index (κ1) is 11.9. The van der Waals surface area contributed by atoms with Gasteiger partial charge in [-0.3, -0.25) is 4.79 Å². The molecule has 1 aromatic heterocycles. The van der Waals surface area contributed by atoms with Gasteiger partial charge in [-0.25, -0.2) is 4.98 Å². The van der Waals surface area contributed by atoms with E-state index in [-0.39, 0.29) is 5.91 Å². The maximum absolute atomic E-state index is 10.5. The Bertz CT molecular complexity index is 259. The van der Waals surface area contributed by atoms with Crippen molar-refractivity contribution in [3.05, 3.63) is 23.4 Å². The third-order valence-electron chi connectivity index (χ3n) is 1.03. The predicted octanol–water partition coefficient (Wildman–Crippen LogP) is 2.72. The van der Waals surface area contributed by atoms with E-state index < -0.39 is 0 Å². The van der Waals surface area contributed by atoms with Crippen molar-refractivity contribution in [2.75, 3.05) is 5.32 Å². The fraction of sp³-hybridized carbons (Fsp3) is 0.333. The van der Waals surface area contributed by atoms with Gasteiger partial charge in [0.2, 0.25) is 5.91 Å². The molecule has 1 amide bonds. The molecule has 1 aromatic rings. The van der Waals surface area contributed by atoms with Gasteiger partial charge in [-0.1, -0.05) is 25.4 Å². The lowest BCUT2D eigenvalue weighted by Crippen LogP contribution is -2.06. The number of nitrogens with one attached hydrogen (secondary N) is 1. The third-order valence-corrected chi connectivity index (χ3v) is 1.26. The van der Waals surface area contributed by atoms with Crippen molar-refractivity contribution in [1.82, 2.24) is 4.98 Å². The van der Waals surface area contributed by atoms with Gasteiger partial charge in [0.1, 0.15) is 5.82 Å². The molecule has 0 aliphatic rings. The molecule has 1 N–H and O–H groups in total. The van der Waals surface area contributed by atoms with Crippen LogP contribution in [0.3, 0.4) is 0 Å². The van der Waals surface area contributed by atoms with Gasteiger partial charge in [0.05, 0.1) is 5.02 Å². The molecule has 0 saturated heterocycles. The molecule has 0 radical (unpaired) electrons. The second kappa shape index (κ2) is 6.43. The molecule has 0 aliphatic heterocycles. The van der Waals surface area contributed by atoms with E-state index in [2.05, 4.69) is 10.3 Å². The molecule has 0 bridgehead atoms. The van der Waals surface area contributed by atoms with E-state index in [1.165, 1.54) is 13.1 Å². The molecule has 3 nitrogen and oxygen atoms in total. The summed E-state index contributed by atoms with van der Waals surface area (Å²) >= 11 is 5.57. The van der Waals surface area contributed by atoms with Gasteiger partial charge in [0.15, 0.2) is 0 Å². The number of anilines is 1. The highest BCUT2D eigenvalue weighted by atomic mass is 35.5. The Morgan fingerprint density at radius 2 is 2.08 bits per heavy atom. The molecule has 0 atom stereocenters. The molecule has 0 aromatic carbocycles. The summed E-state index contributed by atoms with van der Waals surface area (Å²) in [6.45, 7) is 5.43. The number of aromatic nitrogens is 1. The highest BCUT2D eigenvalue weighted by Gasteiger charge is 1.94. The first-order chi connectivity index (χ1) is 6.18. The molecule has 0 saturated carbocycles. The SMILES string of the molecule is CC.CC(=O)Nc1ccc(Cl)cn1. The molecular formula is C9H13ClN2O. The minimum Gasteiger partial charge on any atom is -0.311 e. The topological polar surface area (TPSA) is 42.0 Å². The lowest BCUT2D eigenvalue weighted by atomic mass is 10.4. The van der Waals surface area contributed by atoms with Crippen LogP contribution in [-0.2, 0) is 4.79 Å². The number of halogens is 1. The van der Waals surface area contributed by atoms with Gasteiger partial charge >= 0.3 is 0 Å². The number of pyridine rings is 1. The summed E-state index contributed by atoms with van der Waals surface area (Å²) in [6, 6.07) is 3.31. The van der Waals surface area contributed by atoms with Crippen molar-refractivity contribution in [3.63, 3.8) is 0 Å². The van der Waals surface area contributed by atoms with Crippen LogP contribution in [0.2, 0.25) is 5.02 Å². The van der Waals surface area contributed by atoms with Gasteiger partial charge in [0.25, 0.3) is 0 Å². The summed E-state index contributed by atoms with van der Waals surface area (Å²) < 4.78 is 0. The standard InChI is InChI=1S/C7H7ClN2O.C2H6/c1-5(11)10-7-3-2-6(8)4-9-7;1-2/h2-4H,1H3,(H,9,10,11);1-2H3. The Balaban J connectivity index is 0.000000671. The van der Waals surface area contributed by atoms with Crippen LogP contribution in [-0.4, -0.2) is 10.9 Å². The van der Waals surface area contributed by atoms with Crippen LogP contribution >= 0.6 is 11.6 Å². The van der Waals surface area contributed by atoms with Gasteiger partial charge < -0.3 is 5.32 Å². The average molecular weight is 201 g/mol. The Morgan fingerprint density at radius 1 is 1.46 bits per heavy atom. The number of amides is 1. The van der Waals surface area contributed by atoms with E-state index in [1.54, 1.807) is 12.1 Å². The largest absolute Gasteiger partial charge is 0.311 e. The van der Waals surface area contributed by atoms with E-state index in [9.17, 15) is 4.79 Å². The third kappa shape index (κ3) is 5.20. The van der Waals surface area contributed by atoms with E-state index in [0.29, 0.717) is 10.8 Å². The minimum absolute atomic E-state index is 0.139. The summed E-state index contributed by atoms with van der Waals surface area (Å²) in [5.74, 6) is 0.377. The summed E-state index contributed by atoms with van der Waals surface area (Å²) in [7, 11) is 0. The maximum atomic E-state index is 10.5. The minimum atomic E-state index is -0.139. The van der Waals surface area contributed by atoms with Crippen LogP contribution in [0, 0.1) is 0 Å². The van der Waals surface area contributed by atoms with Gasteiger partial charge in [-0.05, 0) is 12.1 Å². The van der Waals surface area contributed by atoms with Crippen molar-refractivity contribution in [2.45, 2.75) is 20.8 Å². The monoisotopic (exact) mass is 200 g/mol. The smallest absolute Gasteiger partial charge is 0.222 e. The van der Waals surface area contributed by atoms with Gasteiger partial charge in [0, 0.05) is 13.1 Å². The van der Waals surface area contributed by atoms with Gasteiger partial charge in [-0.15, -0.1) is 0 Å². The maximum Gasteiger partial charge on any atom is 0.222 e. The van der Waals surface area contributed by atoms with Crippen molar-refractivity contribution in [3.8, 4) is 0 Å². The zero-order valence-corrected chi connectivity index (χ0v) is 8.72. The lowest BCUT2D eigenvalue weighted by Gasteiger charge is -1.98. The zero-order valence-electron chi connectivity index (χ0n) is 7.97. The van der Waals surface area contributed by atoms with E-state index >= 15 is 0 Å². The second-order valence-corrected chi connectivity index (χ2v) is 2.48. The molecule has 13 heavy (non-hydrogen) atoms.